The van der Waals surface area contributed by atoms with Gasteiger partial charge in [-0.1, -0.05) is 11.6 Å². The molecule has 1 saturated heterocycles. The number of hydrogen-bond donors (Lipinski definition) is 1. The Morgan fingerprint density at radius 3 is 2.88 bits per heavy atom. The molecule has 1 aliphatic heterocycles. The van der Waals surface area contributed by atoms with Crippen molar-refractivity contribution in [3.8, 4) is 0 Å². The van der Waals surface area contributed by atoms with Crippen LogP contribution in [0, 0.1) is 0 Å². The van der Waals surface area contributed by atoms with Crippen molar-refractivity contribution < 1.29 is 14.3 Å². The Hall–Kier alpha value is -1.93. The van der Waals surface area contributed by atoms with Gasteiger partial charge in [0.2, 0.25) is 0 Å². The second-order valence-corrected chi connectivity index (χ2v) is 5.78. The van der Waals surface area contributed by atoms with Gasteiger partial charge in [0, 0.05) is 25.8 Å². The highest BCUT2D eigenvalue weighted by molar-refractivity contribution is 7.80. The Balaban J connectivity index is 1.95. The summed E-state index contributed by atoms with van der Waals surface area (Å²) in [7, 11) is 0. The van der Waals surface area contributed by atoms with E-state index >= 15 is 0 Å². The molecule has 130 valence electrons. The summed E-state index contributed by atoms with van der Waals surface area (Å²) in [4.78, 5) is 27.9. The zero-order valence-corrected chi connectivity index (χ0v) is 14.9. The quantitative estimate of drug-likeness (QED) is 0.479. The molecule has 9 heteroatoms. The maximum Gasteiger partial charge on any atom is 0.307 e. The average Bonchev–Trinajstić information content (AvgIpc) is 3.04. The lowest BCUT2D eigenvalue weighted by atomic mass is 10.2. The number of pyridine rings is 1. The molecule has 0 aliphatic carbocycles. The van der Waals surface area contributed by atoms with Crippen LogP contribution >= 0.6 is 23.8 Å². The number of halogens is 1. The highest BCUT2D eigenvalue weighted by Gasteiger charge is 2.30. The molecule has 0 spiro atoms. The molecule has 1 N–H and O–H groups in total. The molecule has 0 unspecified atom stereocenters. The van der Waals surface area contributed by atoms with E-state index in [9.17, 15) is 9.59 Å². The van der Waals surface area contributed by atoms with Gasteiger partial charge in [-0.2, -0.15) is 0 Å². The number of ether oxygens (including phenoxy) is 1. The zero-order chi connectivity index (χ0) is 17.5. The number of aromatic nitrogens is 1. The first-order valence-electron chi connectivity index (χ1n) is 7.68. The van der Waals surface area contributed by atoms with Gasteiger partial charge in [0.05, 0.1) is 18.6 Å². The van der Waals surface area contributed by atoms with E-state index < -0.39 is 0 Å². The normalized spacial score (nSPS) is 13.8. The molecule has 0 saturated carbocycles. The van der Waals surface area contributed by atoms with Crippen molar-refractivity contribution in [2.45, 2.75) is 19.8 Å². The largest absolute Gasteiger partial charge is 0.466 e. The van der Waals surface area contributed by atoms with Crippen LogP contribution in [0.2, 0.25) is 5.15 Å². The summed E-state index contributed by atoms with van der Waals surface area (Å²) >= 11 is 11.3. The van der Waals surface area contributed by atoms with Crippen molar-refractivity contribution in [2.75, 3.05) is 26.2 Å². The second-order valence-electron chi connectivity index (χ2n) is 5.03. The highest BCUT2D eigenvalue weighted by atomic mass is 35.5. The first-order valence-corrected chi connectivity index (χ1v) is 8.46. The number of hydrazine groups is 1. The van der Waals surface area contributed by atoms with Crippen molar-refractivity contribution in [3.63, 3.8) is 0 Å². The van der Waals surface area contributed by atoms with Crippen LogP contribution in [0.5, 0.6) is 0 Å². The van der Waals surface area contributed by atoms with Crippen LogP contribution in [0.4, 0.5) is 0 Å². The van der Waals surface area contributed by atoms with Crippen LogP contribution in [-0.4, -0.2) is 58.2 Å². The summed E-state index contributed by atoms with van der Waals surface area (Å²) in [5, 5.41) is 6.77. The molecule has 1 aromatic heterocycles. The maximum atomic E-state index is 12.6. The first-order chi connectivity index (χ1) is 11.5. The van der Waals surface area contributed by atoms with Crippen LogP contribution in [0.1, 0.15) is 30.1 Å². The molecular formula is C15H19ClN4O3S. The van der Waals surface area contributed by atoms with Gasteiger partial charge >= 0.3 is 5.97 Å². The van der Waals surface area contributed by atoms with E-state index in [0.29, 0.717) is 36.9 Å². The Morgan fingerprint density at radius 1 is 1.42 bits per heavy atom. The minimum Gasteiger partial charge on any atom is -0.466 e. The molecule has 2 heterocycles. The van der Waals surface area contributed by atoms with E-state index in [1.165, 1.54) is 6.20 Å². The molecule has 24 heavy (non-hydrogen) atoms. The lowest BCUT2D eigenvalue weighted by molar-refractivity contribution is -0.142. The van der Waals surface area contributed by atoms with Crippen molar-refractivity contribution >= 4 is 40.8 Å². The minimum atomic E-state index is -0.288. The number of carbonyl (C=O) groups excluding carboxylic acids is 2. The summed E-state index contributed by atoms with van der Waals surface area (Å²) in [5.41, 5.74) is 0.334. The van der Waals surface area contributed by atoms with Gasteiger partial charge in [0.1, 0.15) is 5.15 Å². The van der Waals surface area contributed by atoms with Crippen LogP contribution < -0.4 is 5.32 Å². The Morgan fingerprint density at radius 2 is 2.17 bits per heavy atom. The summed E-state index contributed by atoms with van der Waals surface area (Å²) in [6.07, 6.45) is 2.54. The minimum absolute atomic E-state index is 0.163. The Kier molecular flexibility index (Phi) is 6.74. The topological polar surface area (TPSA) is 74.8 Å². The Bertz CT molecular complexity index is 628. The van der Waals surface area contributed by atoms with E-state index in [1.807, 2.05) is 0 Å². The molecule has 0 atom stereocenters. The predicted molar refractivity (Wildman–Crippen MR) is 93.5 cm³/mol. The lowest BCUT2D eigenvalue weighted by Crippen LogP contribution is -2.49. The SMILES string of the molecule is CCOC(=O)CCNC(=S)N1CCCN1C(=O)c1cccnc1Cl. The summed E-state index contributed by atoms with van der Waals surface area (Å²) < 4.78 is 4.86. The second kappa shape index (κ2) is 8.79. The monoisotopic (exact) mass is 370 g/mol. The molecule has 1 amide bonds. The van der Waals surface area contributed by atoms with Gasteiger partial charge in [-0.05, 0) is 37.7 Å². The van der Waals surface area contributed by atoms with Crippen LogP contribution in [0.25, 0.3) is 0 Å². The standard InChI is InChI=1S/C15H19ClN4O3S/c1-2-23-12(21)6-8-18-15(24)20-10-4-9-19(20)14(22)11-5-3-7-17-13(11)16/h3,5,7H,2,4,6,8-10H2,1H3,(H,18,24). The van der Waals surface area contributed by atoms with Gasteiger partial charge in [-0.15, -0.1) is 0 Å². The van der Waals surface area contributed by atoms with E-state index in [1.54, 1.807) is 29.1 Å². The van der Waals surface area contributed by atoms with E-state index in [2.05, 4.69) is 10.3 Å². The fourth-order valence-electron chi connectivity index (χ4n) is 2.31. The van der Waals surface area contributed by atoms with E-state index in [4.69, 9.17) is 28.6 Å². The molecular weight excluding hydrogens is 352 g/mol. The van der Waals surface area contributed by atoms with Gasteiger partial charge in [-0.25, -0.2) is 9.99 Å². The molecule has 0 bridgehead atoms. The number of thiocarbonyl (C=S) groups is 1. The van der Waals surface area contributed by atoms with Gasteiger partial charge in [-0.3, -0.25) is 14.6 Å². The zero-order valence-electron chi connectivity index (χ0n) is 13.3. The molecule has 1 aromatic rings. The molecule has 2 rings (SSSR count). The number of hydrogen-bond acceptors (Lipinski definition) is 5. The van der Waals surface area contributed by atoms with Crippen LogP contribution in [0.15, 0.2) is 18.3 Å². The number of nitrogens with zero attached hydrogens (tertiary/aromatic N) is 3. The summed E-state index contributed by atoms with van der Waals surface area (Å²) in [5.74, 6) is -0.538. The third kappa shape index (κ3) is 4.55. The van der Waals surface area contributed by atoms with Gasteiger partial charge < -0.3 is 10.1 Å². The highest BCUT2D eigenvalue weighted by Crippen LogP contribution is 2.19. The third-order valence-corrected chi connectivity index (χ3v) is 4.06. The maximum absolute atomic E-state index is 12.6. The first kappa shape index (κ1) is 18.4. The molecule has 1 fully saturated rings. The molecule has 1 aliphatic rings. The summed E-state index contributed by atoms with van der Waals surface area (Å²) in [6.45, 7) is 3.62. The number of amides is 1. The van der Waals surface area contributed by atoms with Crippen LogP contribution in [-0.2, 0) is 9.53 Å². The number of esters is 1. The van der Waals surface area contributed by atoms with E-state index in [0.717, 1.165) is 6.42 Å². The van der Waals surface area contributed by atoms with Crippen molar-refractivity contribution in [1.82, 2.24) is 20.3 Å². The number of rotatable bonds is 5. The van der Waals surface area contributed by atoms with Gasteiger partial charge in [0.15, 0.2) is 5.11 Å². The van der Waals surface area contributed by atoms with Crippen molar-refractivity contribution in [2.24, 2.45) is 0 Å². The average molecular weight is 371 g/mol. The van der Waals surface area contributed by atoms with E-state index in [-0.39, 0.29) is 23.5 Å². The molecule has 0 radical (unpaired) electrons. The summed E-state index contributed by atoms with van der Waals surface area (Å²) in [6, 6.07) is 3.29. The lowest BCUT2D eigenvalue weighted by Gasteiger charge is -2.30. The molecule has 0 aromatic carbocycles. The molecule has 7 nitrogen and oxygen atoms in total. The van der Waals surface area contributed by atoms with Crippen LogP contribution in [0.3, 0.4) is 0 Å². The fraction of sp³-hybridized carbons (Fsp3) is 0.467. The predicted octanol–water partition coefficient (Wildman–Crippen LogP) is 1.63. The number of carbonyl (C=O) groups is 2. The third-order valence-electron chi connectivity index (χ3n) is 3.40. The Labute approximate surface area is 150 Å². The fourth-order valence-corrected chi connectivity index (χ4v) is 2.81. The van der Waals surface area contributed by atoms with Gasteiger partial charge in [0.25, 0.3) is 5.91 Å². The smallest absolute Gasteiger partial charge is 0.307 e. The van der Waals surface area contributed by atoms with Crippen molar-refractivity contribution in [1.29, 1.82) is 0 Å². The van der Waals surface area contributed by atoms with Crippen molar-refractivity contribution in [3.05, 3.63) is 29.0 Å². The number of nitrogens with one attached hydrogen (secondary N) is 1.